The van der Waals surface area contributed by atoms with E-state index in [0.29, 0.717) is 0 Å². The minimum absolute atomic E-state index is 0.255. The van der Waals surface area contributed by atoms with Gasteiger partial charge in [-0.05, 0) is 22.9 Å². The van der Waals surface area contributed by atoms with Crippen molar-refractivity contribution in [3.05, 3.63) is 22.2 Å². The number of aryl methyl sites for hydroxylation is 1. The average Bonchev–Trinajstić information content (AvgIpc) is 2.13. The molecule has 0 aromatic carbocycles. The van der Waals surface area contributed by atoms with E-state index in [4.69, 9.17) is 10.5 Å². The lowest BCUT2D eigenvalue weighted by Gasteiger charge is -2.00. The van der Waals surface area contributed by atoms with Crippen molar-refractivity contribution in [2.24, 2.45) is 0 Å². The maximum atomic E-state index is 8.58. The Labute approximate surface area is 84.0 Å². The number of halogens is 1. The molecule has 0 aliphatic heterocycles. The summed E-state index contributed by atoms with van der Waals surface area (Å²) in [7, 11) is 0. The molecular weight excluding hydrogens is 232 g/mol. The molecule has 0 aliphatic carbocycles. The van der Waals surface area contributed by atoms with Crippen LogP contribution in [0.4, 0.5) is 0 Å². The van der Waals surface area contributed by atoms with Crippen LogP contribution in [0.3, 0.4) is 0 Å². The van der Waals surface area contributed by atoms with Crippen LogP contribution in [-0.4, -0.2) is 9.97 Å². The lowest BCUT2D eigenvalue weighted by molar-refractivity contribution is 0.898. The van der Waals surface area contributed by atoms with Crippen molar-refractivity contribution in [2.45, 2.75) is 12.8 Å². The van der Waals surface area contributed by atoms with Gasteiger partial charge in [0.05, 0.1) is 22.3 Å². The zero-order valence-corrected chi connectivity index (χ0v) is 8.41. The first-order valence-corrected chi connectivity index (χ1v) is 4.26. The third kappa shape index (κ3) is 2.01. The lowest BCUT2D eigenvalue weighted by atomic mass is 10.2. The second kappa shape index (κ2) is 3.97. The normalized spacial score (nSPS) is 9.31. The molecule has 0 bridgehead atoms. The van der Waals surface area contributed by atoms with Gasteiger partial charge in [-0.3, -0.25) is 0 Å². The number of nitrogens with zero attached hydrogens (tertiary/aromatic N) is 4. The van der Waals surface area contributed by atoms with Gasteiger partial charge in [-0.25, -0.2) is 9.97 Å². The summed E-state index contributed by atoms with van der Waals surface area (Å²) in [4.78, 5) is 7.89. The van der Waals surface area contributed by atoms with Crippen LogP contribution in [0.15, 0.2) is 10.7 Å². The van der Waals surface area contributed by atoms with Crippen LogP contribution in [0.2, 0.25) is 0 Å². The zero-order valence-electron chi connectivity index (χ0n) is 6.82. The Bertz CT molecular complexity index is 388. The molecule has 5 heteroatoms. The standard InChI is InChI=1S/C8H5BrN4/c1-5-7(9)4-12-8(13-5)6(2-10)3-11/h4,6H,1H3. The van der Waals surface area contributed by atoms with E-state index in [1.807, 2.05) is 12.1 Å². The molecule has 13 heavy (non-hydrogen) atoms. The van der Waals surface area contributed by atoms with E-state index >= 15 is 0 Å². The molecule has 0 saturated heterocycles. The third-order valence-corrected chi connectivity index (χ3v) is 2.23. The molecule has 64 valence electrons. The topological polar surface area (TPSA) is 73.4 Å². The highest BCUT2D eigenvalue weighted by molar-refractivity contribution is 9.10. The fourth-order valence-electron chi connectivity index (χ4n) is 0.754. The van der Waals surface area contributed by atoms with Crippen molar-refractivity contribution in [3.8, 4) is 12.1 Å². The Balaban J connectivity index is 3.13. The van der Waals surface area contributed by atoms with Gasteiger partial charge in [-0.15, -0.1) is 0 Å². The molecule has 4 nitrogen and oxygen atoms in total. The molecule has 0 unspecified atom stereocenters. The summed E-state index contributed by atoms with van der Waals surface area (Å²) in [5.74, 6) is -0.627. The van der Waals surface area contributed by atoms with Gasteiger partial charge < -0.3 is 0 Å². The van der Waals surface area contributed by atoms with Crippen LogP contribution in [0.1, 0.15) is 17.4 Å². The number of aromatic nitrogens is 2. The van der Waals surface area contributed by atoms with Crippen LogP contribution in [0.25, 0.3) is 0 Å². The fraction of sp³-hybridized carbons (Fsp3) is 0.250. The Morgan fingerprint density at radius 1 is 1.46 bits per heavy atom. The van der Waals surface area contributed by atoms with Crippen molar-refractivity contribution in [2.75, 3.05) is 0 Å². The molecule has 1 aromatic rings. The quantitative estimate of drug-likeness (QED) is 0.744. The van der Waals surface area contributed by atoms with Gasteiger partial charge in [-0.2, -0.15) is 10.5 Å². The van der Waals surface area contributed by atoms with Crippen LogP contribution in [0.5, 0.6) is 0 Å². The molecule has 0 aliphatic rings. The Hall–Kier alpha value is -1.46. The van der Waals surface area contributed by atoms with E-state index < -0.39 is 5.92 Å². The van der Waals surface area contributed by atoms with E-state index in [1.54, 1.807) is 13.1 Å². The molecule has 0 fully saturated rings. The van der Waals surface area contributed by atoms with Gasteiger partial charge in [0, 0.05) is 6.20 Å². The lowest BCUT2D eigenvalue weighted by Crippen LogP contribution is -2.01. The number of nitriles is 2. The molecule has 0 atom stereocenters. The van der Waals surface area contributed by atoms with Gasteiger partial charge in [0.15, 0.2) is 11.7 Å². The Morgan fingerprint density at radius 2 is 2.08 bits per heavy atom. The summed E-state index contributed by atoms with van der Waals surface area (Å²) in [6, 6.07) is 3.63. The van der Waals surface area contributed by atoms with Crippen LogP contribution >= 0.6 is 15.9 Å². The number of rotatable bonds is 1. The van der Waals surface area contributed by atoms with Crippen molar-refractivity contribution in [3.63, 3.8) is 0 Å². The molecule has 0 N–H and O–H groups in total. The summed E-state index contributed by atoms with van der Waals surface area (Å²) in [6.45, 7) is 1.78. The van der Waals surface area contributed by atoms with Gasteiger partial charge >= 0.3 is 0 Å². The summed E-state index contributed by atoms with van der Waals surface area (Å²) >= 11 is 3.23. The largest absolute Gasteiger partial charge is 0.238 e. The molecule has 1 aromatic heterocycles. The van der Waals surface area contributed by atoms with E-state index in [2.05, 4.69) is 25.9 Å². The molecule has 0 amide bonds. The van der Waals surface area contributed by atoms with Crippen molar-refractivity contribution < 1.29 is 0 Å². The zero-order chi connectivity index (χ0) is 9.84. The molecule has 0 saturated carbocycles. The summed E-state index contributed by atoms with van der Waals surface area (Å²) in [6.07, 6.45) is 1.54. The smallest absolute Gasteiger partial charge is 0.192 e. The predicted molar refractivity (Wildman–Crippen MR) is 48.4 cm³/mol. The first-order valence-electron chi connectivity index (χ1n) is 3.47. The number of hydrogen-bond donors (Lipinski definition) is 0. The third-order valence-electron chi connectivity index (χ3n) is 1.45. The molecule has 1 heterocycles. The van der Waals surface area contributed by atoms with E-state index in [0.717, 1.165) is 10.2 Å². The van der Waals surface area contributed by atoms with Crippen molar-refractivity contribution in [1.82, 2.24) is 9.97 Å². The van der Waals surface area contributed by atoms with Gasteiger partial charge in [0.1, 0.15) is 0 Å². The summed E-state index contributed by atoms with van der Waals surface area (Å²) in [5, 5.41) is 17.2. The molecule has 0 radical (unpaired) electrons. The average molecular weight is 237 g/mol. The second-order valence-electron chi connectivity index (χ2n) is 2.35. The Kier molecular flexibility index (Phi) is 2.94. The van der Waals surface area contributed by atoms with Crippen LogP contribution in [-0.2, 0) is 0 Å². The number of hydrogen-bond acceptors (Lipinski definition) is 4. The minimum atomic E-state index is -0.883. The monoisotopic (exact) mass is 236 g/mol. The predicted octanol–water partition coefficient (Wildman–Crippen LogP) is 1.68. The maximum Gasteiger partial charge on any atom is 0.192 e. The Morgan fingerprint density at radius 3 is 2.54 bits per heavy atom. The SMILES string of the molecule is Cc1nc(C(C#N)C#N)ncc1Br. The van der Waals surface area contributed by atoms with E-state index in [9.17, 15) is 0 Å². The molecular formula is C8H5BrN4. The fourth-order valence-corrected chi connectivity index (χ4v) is 0.945. The molecule has 0 spiro atoms. The highest BCUT2D eigenvalue weighted by Gasteiger charge is 2.12. The maximum absolute atomic E-state index is 8.58. The van der Waals surface area contributed by atoms with Gasteiger partial charge in [0.25, 0.3) is 0 Å². The summed E-state index contributed by atoms with van der Waals surface area (Å²) < 4.78 is 0.769. The van der Waals surface area contributed by atoms with Gasteiger partial charge in [-0.1, -0.05) is 0 Å². The van der Waals surface area contributed by atoms with E-state index in [1.165, 1.54) is 0 Å². The van der Waals surface area contributed by atoms with Crippen molar-refractivity contribution >= 4 is 15.9 Å². The van der Waals surface area contributed by atoms with Gasteiger partial charge in [0.2, 0.25) is 0 Å². The first kappa shape index (κ1) is 9.63. The van der Waals surface area contributed by atoms with Crippen molar-refractivity contribution in [1.29, 1.82) is 10.5 Å². The second-order valence-corrected chi connectivity index (χ2v) is 3.21. The summed E-state index contributed by atoms with van der Waals surface area (Å²) in [5.41, 5.74) is 0.723. The van der Waals surface area contributed by atoms with Crippen LogP contribution < -0.4 is 0 Å². The molecule has 1 rings (SSSR count). The highest BCUT2D eigenvalue weighted by atomic mass is 79.9. The highest BCUT2D eigenvalue weighted by Crippen LogP contribution is 2.15. The van der Waals surface area contributed by atoms with E-state index in [-0.39, 0.29) is 5.82 Å². The minimum Gasteiger partial charge on any atom is -0.238 e. The first-order chi connectivity index (χ1) is 6.19. The van der Waals surface area contributed by atoms with Crippen LogP contribution in [0, 0.1) is 29.6 Å².